The van der Waals surface area contributed by atoms with Crippen molar-refractivity contribution in [2.24, 2.45) is 0 Å². The summed E-state index contributed by atoms with van der Waals surface area (Å²) in [5.74, 6) is 0. The molecule has 0 saturated heterocycles. The number of ether oxygens (including phenoxy) is 1. The molecule has 1 atom stereocenters. The predicted octanol–water partition coefficient (Wildman–Crippen LogP) is 4.85. The highest BCUT2D eigenvalue weighted by Crippen LogP contribution is 2.29. The first kappa shape index (κ1) is 18.1. The van der Waals surface area contributed by atoms with Gasteiger partial charge in [0.25, 0.3) is 0 Å². The zero-order valence-electron chi connectivity index (χ0n) is 12.7. The number of aromatic nitrogens is 1. The Hall–Kier alpha value is 0.0300. The molecule has 0 aromatic carbocycles. The minimum atomic E-state index is -0.103. The van der Waals surface area contributed by atoms with Gasteiger partial charge in [0, 0.05) is 22.3 Å². The van der Waals surface area contributed by atoms with Crippen LogP contribution in [0.2, 0.25) is 0 Å². The Morgan fingerprint density at radius 2 is 2.10 bits per heavy atom. The van der Waals surface area contributed by atoms with Crippen LogP contribution in [0.15, 0.2) is 21.2 Å². The Morgan fingerprint density at radius 3 is 2.65 bits per heavy atom. The van der Waals surface area contributed by atoms with E-state index in [1.807, 2.05) is 12.3 Å². The monoisotopic (exact) mass is 406 g/mol. The molecule has 1 aromatic heterocycles. The van der Waals surface area contributed by atoms with E-state index in [2.05, 4.69) is 62.9 Å². The summed E-state index contributed by atoms with van der Waals surface area (Å²) < 4.78 is 7.53. The topological polar surface area (TPSA) is 34.1 Å². The molecule has 114 valence electrons. The van der Waals surface area contributed by atoms with Crippen molar-refractivity contribution in [2.75, 3.05) is 13.7 Å². The van der Waals surface area contributed by atoms with Gasteiger partial charge in [-0.1, -0.05) is 6.92 Å². The lowest BCUT2D eigenvalue weighted by molar-refractivity contribution is 0.0115. The van der Waals surface area contributed by atoms with Gasteiger partial charge in [0.05, 0.1) is 17.3 Å². The Kier molecular flexibility index (Phi) is 7.65. The van der Waals surface area contributed by atoms with Crippen LogP contribution in [0.5, 0.6) is 0 Å². The molecule has 0 radical (unpaired) electrons. The second kappa shape index (κ2) is 8.47. The van der Waals surface area contributed by atoms with Gasteiger partial charge in [-0.3, -0.25) is 4.98 Å². The molecule has 1 unspecified atom stereocenters. The molecule has 5 heteroatoms. The van der Waals surface area contributed by atoms with Crippen LogP contribution in [0.4, 0.5) is 0 Å². The largest absolute Gasteiger partial charge is 0.379 e. The normalized spacial score (nSPS) is 13.5. The van der Waals surface area contributed by atoms with E-state index >= 15 is 0 Å². The maximum absolute atomic E-state index is 5.51. The number of nitrogens with zero attached hydrogens (tertiary/aromatic N) is 1. The highest BCUT2D eigenvalue weighted by atomic mass is 79.9. The Bertz CT molecular complexity index is 424. The SMILES string of the molecule is CCCNC(CCC(C)(C)OC)c1ncc(Br)cc1Br. The molecule has 0 bridgehead atoms. The number of halogens is 2. The predicted molar refractivity (Wildman–Crippen MR) is 91.0 cm³/mol. The summed E-state index contributed by atoms with van der Waals surface area (Å²) in [6.07, 6.45) is 4.93. The van der Waals surface area contributed by atoms with E-state index in [1.54, 1.807) is 7.11 Å². The van der Waals surface area contributed by atoms with Gasteiger partial charge in [-0.25, -0.2) is 0 Å². The average molecular weight is 408 g/mol. The Labute approximate surface area is 139 Å². The second-order valence-electron chi connectivity index (χ2n) is 5.53. The Balaban J connectivity index is 2.82. The fourth-order valence-electron chi connectivity index (χ4n) is 1.93. The maximum Gasteiger partial charge on any atom is 0.0715 e. The fourth-order valence-corrected chi connectivity index (χ4v) is 3.19. The second-order valence-corrected chi connectivity index (χ2v) is 7.30. The highest BCUT2D eigenvalue weighted by Gasteiger charge is 2.22. The standard InChI is InChI=1S/C15H24Br2N2O/c1-5-8-18-13(6-7-15(2,3)20-4)14-12(17)9-11(16)10-19-14/h9-10,13,18H,5-8H2,1-4H3. The van der Waals surface area contributed by atoms with Crippen molar-refractivity contribution in [3.05, 3.63) is 26.9 Å². The third-order valence-electron chi connectivity index (χ3n) is 3.39. The number of hydrogen-bond donors (Lipinski definition) is 1. The van der Waals surface area contributed by atoms with Crippen LogP contribution in [0.25, 0.3) is 0 Å². The fraction of sp³-hybridized carbons (Fsp3) is 0.667. The number of nitrogens with one attached hydrogen (secondary N) is 1. The molecule has 1 N–H and O–H groups in total. The molecule has 0 fully saturated rings. The van der Waals surface area contributed by atoms with Crippen LogP contribution in [0, 0.1) is 0 Å². The van der Waals surface area contributed by atoms with Gasteiger partial charge in [0.1, 0.15) is 0 Å². The van der Waals surface area contributed by atoms with Gasteiger partial charge in [-0.2, -0.15) is 0 Å². The molecule has 0 amide bonds. The number of hydrogen-bond acceptors (Lipinski definition) is 3. The molecule has 0 saturated carbocycles. The number of rotatable bonds is 8. The van der Waals surface area contributed by atoms with E-state index < -0.39 is 0 Å². The molecular formula is C15H24Br2N2O. The molecule has 1 rings (SSSR count). The molecule has 1 heterocycles. The van der Waals surface area contributed by atoms with Gasteiger partial charge in [0.15, 0.2) is 0 Å². The van der Waals surface area contributed by atoms with Crippen molar-refractivity contribution < 1.29 is 4.74 Å². The van der Waals surface area contributed by atoms with Crippen molar-refractivity contribution in [1.82, 2.24) is 10.3 Å². The lowest BCUT2D eigenvalue weighted by Crippen LogP contribution is -2.28. The maximum atomic E-state index is 5.51. The molecule has 0 aliphatic rings. The molecule has 0 spiro atoms. The van der Waals surface area contributed by atoms with Crippen LogP contribution in [0.1, 0.15) is 51.8 Å². The summed E-state index contributed by atoms with van der Waals surface area (Å²) in [4.78, 5) is 4.56. The number of methoxy groups -OCH3 is 1. The van der Waals surface area contributed by atoms with E-state index in [-0.39, 0.29) is 11.6 Å². The minimum Gasteiger partial charge on any atom is -0.379 e. The summed E-state index contributed by atoms with van der Waals surface area (Å²) in [7, 11) is 1.77. The first-order valence-corrected chi connectivity index (χ1v) is 8.57. The van der Waals surface area contributed by atoms with Crippen molar-refractivity contribution in [3.63, 3.8) is 0 Å². The molecular weight excluding hydrogens is 384 g/mol. The summed E-state index contributed by atoms with van der Waals surface area (Å²) in [5.41, 5.74) is 0.960. The molecule has 0 aliphatic carbocycles. The van der Waals surface area contributed by atoms with E-state index in [0.29, 0.717) is 0 Å². The first-order valence-electron chi connectivity index (χ1n) is 6.99. The number of pyridine rings is 1. The molecule has 20 heavy (non-hydrogen) atoms. The average Bonchev–Trinajstić information content (AvgIpc) is 2.40. The zero-order chi connectivity index (χ0) is 15.2. The van der Waals surface area contributed by atoms with Crippen molar-refractivity contribution in [3.8, 4) is 0 Å². The third kappa shape index (κ3) is 5.80. The van der Waals surface area contributed by atoms with Gasteiger partial charge < -0.3 is 10.1 Å². The molecule has 1 aromatic rings. The summed E-state index contributed by atoms with van der Waals surface area (Å²) in [6, 6.07) is 2.29. The highest BCUT2D eigenvalue weighted by molar-refractivity contribution is 9.11. The smallest absolute Gasteiger partial charge is 0.0715 e. The van der Waals surface area contributed by atoms with Crippen LogP contribution in [-0.4, -0.2) is 24.2 Å². The van der Waals surface area contributed by atoms with Gasteiger partial charge in [-0.15, -0.1) is 0 Å². The van der Waals surface area contributed by atoms with Crippen LogP contribution in [0.3, 0.4) is 0 Å². The summed E-state index contributed by atoms with van der Waals surface area (Å²) in [5, 5.41) is 3.58. The quantitative estimate of drug-likeness (QED) is 0.668. The first-order chi connectivity index (χ1) is 9.39. The van der Waals surface area contributed by atoms with E-state index in [9.17, 15) is 0 Å². The van der Waals surface area contributed by atoms with Crippen LogP contribution in [-0.2, 0) is 4.74 Å². The lowest BCUT2D eigenvalue weighted by Gasteiger charge is -2.26. The van der Waals surface area contributed by atoms with Crippen molar-refractivity contribution >= 4 is 31.9 Å². The van der Waals surface area contributed by atoms with E-state index in [1.165, 1.54) is 0 Å². The van der Waals surface area contributed by atoms with Gasteiger partial charge in [0.2, 0.25) is 0 Å². The third-order valence-corrected chi connectivity index (χ3v) is 4.46. The Morgan fingerprint density at radius 1 is 1.40 bits per heavy atom. The van der Waals surface area contributed by atoms with Crippen molar-refractivity contribution in [1.29, 1.82) is 0 Å². The zero-order valence-corrected chi connectivity index (χ0v) is 15.8. The van der Waals surface area contributed by atoms with Crippen molar-refractivity contribution in [2.45, 2.75) is 51.7 Å². The van der Waals surface area contributed by atoms with E-state index in [0.717, 1.165) is 40.4 Å². The molecule has 3 nitrogen and oxygen atoms in total. The minimum absolute atomic E-state index is 0.103. The van der Waals surface area contributed by atoms with E-state index in [4.69, 9.17) is 4.74 Å². The summed E-state index contributed by atoms with van der Waals surface area (Å²) in [6.45, 7) is 7.40. The van der Waals surface area contributed by atoms with Crippen LogP contribution < -0.4 is 5.32 Å². The van der Waals surface area contributed by atoms with Gasteiger partial charge in [-0.05, 0) is 77.6 Å². The molecule has 0 aliphatic heterocycles. The lowest BCUT2D eigenvalue weighted by atomic mass is 9.97. The van der Waals surface area contributed by atoms with Gasteiger partial charge >= 0.3 is 0 Å². The summed E-state index contributed by atoms with van der Waals surface area (Å²) >= 11 is 7.06. The van der Waals surface area contributed by atoms with Crippen LogP contribution >= 0.6 is 31.9 Å².